The van der Waals surface area contributed by atoms with E-state index < -0.39 is 0 Å². The second kappa shape index (κ2) is 7.53. The molecule has 0 aliphatic heterocycles. The van der Waals surface area contributed by atoms with Crippen molar-refractivity contribution in [2.75, 3.05) is 12.4 Å². The van der Waals surface area contributed by atoms with Crippen LogP contribution in [0.2, 0.25) is 0 Å². The SMILES string of the molecule is COc1ncccc1-c1c(C)nn(CC(=O)Nc2nc(C)cc(C)n2)c1C. The van der Waals surface area contributed by atoms with Crippen molar-refractivity contribution in [2.45, 2.75) is 34.2 Å². The Balaban J connectivity index is 1.85. The number of hydrogen-bond donors (Lipinski definition) is 1. The number of pyridine rings is 1. The van der Waals surface area contributed by atoms with Crippen LogP contribution in [0.25, 0.3) is 11.1 Å². The first kappa shape index (κ1) is 18.5. The first-order valence-electron chi connectivity index (χ1n) is 8.54. The van der Waals surface area contributed by atoms with Crippen molar-refractivity contribution < 1.29 is 9.53 Å². The number of ether oxygens (including phenoxy) is 1. The molecule has 3 rings (SSSR count). The van der Waals surface area contributed by atoms with E-state index in [2.05, 4.69) is 25.4 Å². The highest BCUT2D eigenvalue weighted by Gasteiger charge is 2.19. The van der Waals surface area contributed by atoms with Gasteiger partial charge in [-0.3, -0.25) is 14.8 Å². The van der Waals surface area contributed by atoms with Gasteiger partial charge in [0, 0.05) is 34.4 Å². The third-order valence-electron chi connectivity index (χ3n) is 4.14. The maximum Gasteiger partial charge on any atom is 0.248 e. The summed E-state index contributed by atoms with van der Waals surface area (Å²) >= 11 is 0. The summed E-state index contributed by atoms with van der Waals surface area (Å²) in [6.45, 7) is 7.60. The molecule has 0 fully saturated rings. The van der Waals surface area contributed by atoms with Crippen molar-refractivity contribution >= 4 is 11.9 Å². The Kier molecular flexibility index (Phi) is 5.16. The summed E-state index contributed by atoms with van der Waals surface area (Å²) in [6, 6.07) is 5.62. The minimum absolute atomic E-state index is 0.0611. The molecule has 0 saturated carbocycles. The molecule has 0 aromatic carbocycles. The zero-order valence-corrected chi connectivity index (χ0v) is 16.1. The quantitative estimate of drug-likeness (QED) is 0.746. The smallest absolute Gasteiger partial charge is 0.248 e. The molecule has 140 valence electrons. The van der Waals surface area contributed by atoms with Crippen LogP contribution in [0.15, 0.2) is 24.4 Å². The fraction of sp³-hybridized carbons (Fsp3) is 0.316. The lowest BCUT2D eigenvalue weighted by Crippen LogP contribution is -2.22. The van der Waals surface area contributed by atoms with E-state index in [4.69, 9.17) is 4.74 Å². The number of carbonyl (C=O) groups excluding carboxylic acids is 1. The highest BCUT2D eigenvalue weighted by atomic mass is 16.5. The van der Waals surface area contributed by atoms with E-state index in [9.17, 15) is 4.79 Å². The van der Waals surface area contributed by atoms with Crippen molar-refractivity contribution in [3.63, 3.8) is 0 Å². The van der Waals surface area contributed by atoms with E-state index in [1.807, 2.05) is 45.9 Å². The van der Waals surface area contributed by atoms with Gasteiger partial charge in [-0.1, -0.05) is 0 Å². The normalized spacial score (nSPS) is 10.7. The molecule has 0 aliphatic rings. The minimum Gasteiger partial charge on any atom is -0.481 e. The highest BCUT2D eigenvalue weighted by molar-refractivity contribution is 5.89. The highest BCUT2D eigenvalue weighted by Crippen LogP contribution is 2.32. The molecule has 0 atom stereocenters. The predicted octanol–water partition coefficient (Wildman–Crippen LogP) is 2.62. The van der Waals surface area contributed by atoms with Crippen LogP contribution in [-0.2, 0) is 11.3 Å². The number of nitrogens with zero attached hydrogens (tertiary/aromatic N) is 5. The molecule has 8 nitrogen and oxygen atoms in total. The lowest BCUT2D eigenvalue weighted by molar-refractivity contribution is -0.117. The van der Waals surface area contributed by atoms with Gasteiger partial charge in [0.2, 0.25) is 17.7 Å². The zero-order valence-electron chi connectivity index (χ0n) is 16.1. The van der Waals surface area contributed by atoms with E-state index in [1.165, 1.54) is 0 Å². The molecule has 3 heterocycles. The average molecular weight is 366 g/mol. The summed E-state index contributed by atoms with van der Waals surface area (Å²) in [5, 5.41) is 7.24. The van der Waals surface area contributed by atoms with Crippen LogP contribution < -0.4 is 10.1 Å². The van der Waals surface area contributed by atoms with Crippen LogP contribution >= 0.6 is 0 Å². The molecule has 8 heteroatoms. The summed E-state index contributed by atoms with van der Waals surface area (Å²) in [4.78, 5) is 25.2. The Hall–Kier alpha value is -3.29. The van der Waals surface area contributed by atoms with Crippen LogP contribution in [0, 0.1) is 27.7 Å². The van der Waals surface area contributed by atoms with Gasteiger partial charge in [-0.15, -0.1) is 0 Å². The maximum atomic E-state index is 12.4. The molecule has 1 N–H and O–H groups in total. The molecule has 0 unspecified atom stereocenters. The third kappa shape index (κ3) is 3.94. The molecule has 0 radical (unpaired) electrons. The second-order valence-corrected chi connectivity index (χ2v) is 6.29. The molecule has 0 aliphatic carbocycles. The summed E-state index contributed by atoms with van der Waals surface area (Å²) in [5.41, 5.74) is 5.02. The second-order valence-electron chi connectivity index (χ2n) is 6.29. The number of aryl methyl sites for hydroxylation is 3. The lowest BCUT2D eigenvalue weighted by Gasteiger charge is -2.09. The van der Waals surface area contributed by atoms with Crippen molar-refractivity contribution in [1.29, 1.82) is 0 Å². The molecule has 0 spiro atoms. The van der Waals surface area contributed by atoms with Crippen LogP contribution in [-0.4, -0.2) is 37.7 Å². The first-order chi connectivity index (χ1) is 12.9. The standard InChI is InChI=1S/C19H22N6O2/c1-11-9-12(2)22-19(21-11)23-16(26)10-25-14(4)17(13(3)24-25)15-7-6-8-20-18(15)27-5/h6-9H,10H2,1-5H3,(H,21,22,23,26). The first-order valence-corrected chi connectivity index (χ1v) is 8.54. The molecule has 3 aromatic heterocycles. The van der Waals surface area contributed by atoms with Crippen LogP contribution in [0.5, 0.6) is 5.88 Å². The van der Waals surface area contributed by atoms with Gasteiger partial charge in [-0.25, -0.2) is 15.0 Å². The Labute approximate surface area is 157 Å². The molecule has 1 amide bonds. The monoisotopic (exact) mass is 366 g/mol. The molecule has 3 aromatic rings. The Morgan fingerprint density at radius 3 is 2.56 bits per heavy atom. The number of rotatable bonds is 5. The van der Waals surface area contributed by atoms with Gasteiger partial charge in [0.05, 0.1) is 12.8 Å². The summed E-state index contributed by atoms with van der Waals surface area (Å²) < 4.78 is 7.02. The molecule has 0 bridgehead atoms. The number of methoxy groups -OCH3 is 1. The molecule has 27 heavy (non-hydrogen) atoms. The van der Waals surface area contributed by atoms with Crippen molar-refractivity contribution in [2.24, 2.45) is 0 Å². The van der Waals surface area contributed by atoms with Crippen LogP contribution in [0.3, 0.4) is 0 Å². The topological polar surface area (TPSA) is 94.8 Å². The van der Waals surface area contributed by atoms with E-state index in [0.29, 0.717) is 11.8 Å². The summed E-state index contributed by atoms with van der Waals surface area (Å²) in [5.74, 6) is 0.583. The van der Waals surface area contributed by atoms with E-state index in [0.717, 1.165) is 33.9 Å². The Morgan fingerprint density at radius 2 is 1.89 bits per heavy atom. The van der Waals surface area contributed by atoms with E-state index in [-0.39, 0.29) is 12.5 Å². The van der Waals surface area contributed by atoms with E-state index in [1.54, 1.807) is 18.0 Å². The van der Waals surface area contributed by atoms with Gasteiger partial charge in [0.1, 0.15) is 6.54 Å². The number of carbonyl (C=O) groups is 1. The van der Waals surface area contributed by atoms with Crippen molar-refractivity contribution in [1.82, 2.24) is 24.7 Å². The predicted molar refractivity (Wildman–Crippen MR) is 102 cm³/mol. The Morgan fingerprint density at radius 1 is 1.19 bits per heavy atom. The Bertz CT molecular complexity index is 976. The number of anilines is 1. The maximum absolute atomic E-state index is 12.4. The summed E-state index contributed by atoms with van der Waals surface area (Å²) in [6.07, 6.45) is 1.68. The zero-order chi connectivity index (χ0) is 19.6. The molecular weight excluding hydrogens is 344 g/mol. The van der Waals surface area contributed by atoms with Crippen LogP contribution in [0.4, 0.5) is 5.95 Å². The average Bonchev–Trinajstić information content (AvgIpc) is 2.87. The fourth-order valence-electron chi connectivity index (χ4n) is 3.07. The van der Waals surface area contributed by atoms with Crippen molar-refractivity contribution in [3.05, 3.63) is 47.2 Å². The number of hydrogen-bond acceptors (Lipinski definition) is 6. The number of aromatic nitrogens is 5. The minimum atomic E-state index is -0.240. The number of nitrogens with one attached hydrogen (secondary N) is 1. The lowest BCUT2D eigenvalue weighted by atomic mass is 10.1. The van der Waals surface area contributed by atoms with Gasteiger partial charge in [0.25, 0.3) is 0 Å². The van der Waals surface area contributed by atoms with Gasteiger partial charge in [-0.05, 0) is 45.9 Å². The third-order valence-corrected chi connectivity index (χ3v) is 4.14. The molecular formula is C19H22N6O2. The van der Waals surface area contributed by atoms with Gasteiger partial charge in [0.15, 0.2) is 0 Å². The van der Waals surface area contributed by atoms with Crippen LogP contribution in [0.1, 0.15) is 22.8 Å². The number of amides is 1. The van der Waals surface area contributed by atoms with E-state index >= 15 is 0 Å². The fourth-order valence-corrected chi connectivity index (χ4v) is 3.07. The largest absolute Gasteiger partial charge is 0.481 e. The van der Waals surface area contributed by atoms with Crippen molar-refractivity contribution in [3.8, 4) is 17.0 Å². The summed E-state index contributed by atoms with van der Waals surface area (Å²) in [7, 11) is 1.58. The molecule has 0 saturated heterocycles. The van der Waals surface area contributed by atoms with Gasteiger partial charge >= 0.3 is 0 Å². The van der Waals surface area contributed by atoms with Gasteiger partial charge in [-0.2, -0.15) is 5.10 Å². The van der Waals surface area contributed by atoms with Gasteiger partial charge < -0.3 is 4.74 Å².